The number of fused-ring (bicyclic) bond motifs is 1. The van der Waals surface area contributed by atoms with Crippen molar-refractivity contribution in [1.29, 1.82) is 5.26 Å². The van der Waals surface area contributed by atoms with Gasteiger partial charge in [-0.3, -0.25) is 4.98 Å². The molecule has 0 saturated carbocycles. The summed E-state index contributed by atoms with van der Waals surface area (Å²) in [4.78, 5) is 4.06. The van der Waals surface area contributed by atoms with E-state index in [0.717, 1.165) is 16.3 Å². The van der Waals surface area contributed by atoms with Crippen molar-refractivity contribution < 1.29 is 4.74 Å². The summed E-state index contributed by atoms with van der Waals surface area (Å²) in [5.41, 5.74) is 7.74. The number of rotatable bonds is 2. The molecule has 21 heavy (non-hydrogen) atoms. The largest absolute Gasteiger partial charge is 0.496 e. The molecule has 0 saturated heterocycles. The van der Waals surface area contributed by atoms with Crippen molar-refractivity contribution in [2.24, 2.45) is 0 Å². The number of benzene rings is 1. The van der Waals surface area contributed by atoms with Gasteiger partial charge in [0.25, 0.3) is 0 Å². The van der Waals surface area contributed by atoms with Gasteiger partial charge in [-0.1, -0.05) is 0 Å². The number of anilines is 1. The summed E-state index contributed by atoms with van der Waals surface area (Å²) in [6.07, 6.45) is 3.32. The molecule has 0 aliphatic carbocycles. The Morgan fingerprint density at radius 1 is 1.19 bits per heavy atom. The standard InChI is InChI=1S/C15H11N5O/c1-21-13-6-9(7-16)2-3-11(13)14-10-4-5-18-8-12(10)15(17)20-19-14/h2-6,8H,1H3,(H2,17,20). The van der Waals surface area contributed by atoms with Crippen LogP contribution in [0.4, 0.5) is 5.82 Å². The van der Waals surface area contributed by atoms with Crippen molar-refractivity contribution in [2.75, 3.05) is 12.8 Å². The van der Waals surface area contributed by atoms with Gasteiger partial charge in [-0.2, -0.15) is 5.26 Å². The van der Waals surface area contributed by atoms with Crippen LogP contribution in [-0.4, -0.2) is 22.3 Å². The fourth-order valence-electron chi connectivity index (χ4n) is 2.17. The molecule has 3 aromatic rings. The minimum Gasteiger partial charge on any atom is -0.496 e. The van der Waals surface area contributed by atoms with Crippen LogP contribution in [0.15, 0.2) is 36.7 Å². The molecule has 0 radical (unpaired) electrons. The van der Waals surface area contributed by atoms with E-state index in [2.05, 4.69) is 21.3 Å². The maximum Gasteiger partial charge on any atom is 0.155 e. The molecule has 3 rings (SSSR count). The summed E-state index contributed by atoms with van der Waals surface area (Å²) >= 11 is 0. The molecule has 6 nitrogen and oxygen atoms in total. The predicted molar refractivity (Wildman–Crippen MR) is 78.4 cm³/mol. The number of methoxy groups -OCH3 is 1. The lowest BCUT2D eigenvalue weighted by atomic mass is 10.0. The second-order valence-corrected chi connectivity index (χ2v) is 4.38. The van der Waals surface area contributed by atoms with E-state index in [9.17, 15) is 0 Å². The van der Waals surface area contributed by atoms with Crippen molar-refractivity contribution in [1.82, 2.24) is 15.2 Å². The van der Waals surface area contributed by atoms with Gasteiger partial charge in [0.2, 0.25) is 0 Å². The maximum absolute atomic E-state index is 8.97. The van der Waals surface area contributed by atoms with Crippen LogP contribution in [0.25, 0.3) is 22.0 Å². The Kier molecular flexibility index (Phi) is 3.09. The van der Waals surface area contributed by atoms with Gasteiger partial charge in [0, 0.05) is 28.7 Å². The van der Waals surface area contributed by atoms with Gasteiger partial charge in [0.1, 0.15) is 11.4 Å². The highest BCUT2D eigenvalue weighted by Crippen LogP contribution is 2.34. The third kappa shape index (κ3) is 2.11. The molecule has 0 fully saturated rings. The van der Waals surface area contributed by atoms with Gasteiger partial charge in [-0.05, 0) is 24.3 Å². The average Bonchev–Trinajstić information content (AvgIpc) is 2.55. The van der Waals surface area contributed by atoms with Gasteiger partial charge in [-0.15, -0.1) is 10.2 Å². The molecule has 0 atom stereocenters. The zero-order valence-electron chi connectivity index (χ0n) is 11.2. The molecule has 0 spiro atoms. The van der Waals surface area contributed by atoms with Gasteiger partial charge in [-0.25, -0.2) is 0 Å². The smallest absolute Gasteiger partial charge is 0.155 e. The quantitative estimate of drug-likeness (QED) is 0.770. The van der Waals surface area contributed by atoms with E-state index >= 15 is 0 Å². The number of aromatic nitrogens is 3. The van der Waals surface area contributed by atoms with Crippen LogP contribution in [0.2, 0.25) is 0 Å². The summed E-state index contributed by atoms with van der Waals surface area (Å²) in [7, 11) is 1.55. The highest BCUT2D eigenvalue weighted by molar-refractivity contribution is 5.99. The van der Waals surface area contributed by atoms with Crippen LogP contribution in [0, 0.1) is 11.3 Å². The Labute approximate surface area is 120 Å². The van der Waals surface area contributed by atoms with Crippen molar-refractivity contribution in [3.63, 3.8) is 0 Å². The predicted octanol–water partition coefficient (Wildman–Crippen LogP) is 2.15. The summed E-state index contributed by atoms with van der Waals surface area (Å²) < 4.78 is 5.36. The summed E-state index contributed by atoms with van der Waals surface area (Å²) in [6.45, 7) is 0. The zero-order valence-corrected chi connectivity index (χ0v) is 11.2. The second kappa shape index (κ2) is 5.06. The third-order valence-corrected chi connectivity index (χ3v) is 3.20. The van der Waals surface area contributed by atoms with Crippen molar-refractivity contribution >= 4 is 16.6 Å². The van der Waals surface area contributed by atoms with E-state index in [1.165, 1.54) is 0 Å². The molecule has 2 N–H and O–H groups in total. The van der Waals surface area contributed by atoms with Gasteiger partial charge < -0.3 is 10.5 Å². The van der Waals surface area contributed by atoms with Crippen LogP contribution in [0.1, 0.15) is 5.56 Å². The Morgan fingerprint density at radius 3 is 2.81 bits per heavy atom. The lowest BCUT2D eigenvalue weighted by Crippen LogP contribution is -1.99. The molecule has 2 heterocycles. The molecule has 6 heteroatoms. The van der Waals surface area contributed by atoms with E-state index in [1.807, 2.05) is 6.07 Å². The molecule has 102 valence electrons. The van der Waals surface area contributed by atoms with Crippen LogP contribution >= 0.6 is 0 Å². The van der Waals surface area contributed by atoms with Gasteiger partial charge in [0.05, 0.1) is 18.7 Å². The van der Waals surface area contributed by atoms with E-state index in [4.69, 9.17) is 15.7 Å². The van der Waals surface area contributed by atoms with Gasteiger partial charge >= 0.3 is 0 Å². The number of nitrogens with two attached hydrogens (primary N) is 1. The van der Waals surface area contributed by atoms with Crippen LogP contribution < -0.4 is 10.5 Å². The molecule has 2 aromatic heterocycles. The maximum atomic E-state index is 8.97. The van der Waals surface area contributed by atoms with Crippen molar-refractivity contribution in [3.05, 3.63) is 42.2 Å². The number of ether oxygens (including phenoxy) is 1. The Balaban J connectivity index is 2.31. The van der Waals surface area contributed by atoms with Crippen LogP contribution in [0.5, 0.6) is 5.75 Å². The van der Waals surface area contributed by atoms with Crippen LogP contribution in [-0.2, 0) is 0 Å². The first-order valence-electron chi connectivity index (χ1n) is 6.19. The van der Waals surface area contributed by atoms with E-state index in [-0.39, 0.29) is 0 Å². The average molecular weight is 277 g/mol. The Hall–Kier alpha value is -3.20. The SMILES string of the molecule is COc1cc(C#N)ccc1-c1nnc(N)c2cnccc12. The first-order chi connectivity index (χ1) is 10.2. The first-order valence-corrected chi connectivity index (χ1v) is 6.19. The fourth-order valence-corrected chi connectivity index (χ4v) is 2.17. The Morgan fingerprint density at radius 2 is 2.05 bits per heavy atom. The molecule has 1 aromatic carbocycles. The summed E-state index contributed by atoms with van der Waals surface area (Å²) in [6, 6.07) is 9.07. The topological polar surface area (TPSA) is 97.7 Å². The lowest BCUT2D eigenvalue weighted by Gasteiger charge is -2.10. The van der Waals surface area contributed by atoms with Crippen molar-refractivity contribution in [3.8, 4) is 23.1 Å². The highest BCUT2D eigenvalue weighted by Gasteiger charge is 2.14. The molecule has 0 amide bonds. The highest BCUT2D eigenvalue weighted by atomic mass is 16.5. The molecule has 0 bridgehead atoms. The normalized spacial score (nSPS) is 10.3. The number of nitriles is 1. The lowest BCUT2D eigenvalue weighted by molar-refractivity contribution is 0.416. The molecular formula is C15H11N5O. The number of pyridine rings is 1. The summed E-state index contributed by atoms with van der Waals surface area (Å²) in [5, 5.41) is 18.7. The van der Waals surface area contributed by atoms with Gasteiger partial charge in [0.15, 0.2) is 5.82 Å². The first kappa shape index (κ1) is 12.8. The monoisotopic (exact) mass is 277 g/mol. The second-order valence-electron chi connectivity index (χ2n) is 4.38. The Bertz CT molecular complexity index is 870. The van der Waals surface area contributed by atoms with E-state index in [0.29, 0.717) is 22.8 Å². The number of hydrogen-bond acceptors (Lipinski definition) is 6. The third-order valence-electron chi connectivity index (χ3n) is 3.20. The van der Waals surface area contributed by atoms with E-state index in [1.54, 1.807) is 37.7 Å². The minimum absolute atomic E-state index is 0.328. The minimum atomic E-state index is 0.328. The molecule has 0 aliphatic rings. The van der Waals surface area contributed by atoms with Crippen LogP contribution in [0.3, 0.4) is 0 Å². The number of nitrogens with zero attached hydrogens (tertiary/aromatic N) is 4. The molecule has 0 unspecified atom stereocenters. The number of hydrogen-bond donors (Lipinski definition) is 1. The molecule has 0 aliphatic heterocycles. The summed E-state index contributed by atoms with van der Waals surface area (Å²) in [5.74, 6) is 0.890. The zero-order chi connectivity index (χ0) is 14.8. The van der Waals surface area contributed by atoms with E-state index < -0.39 is 0 Å². The fraction of sp³-hybridized carbons (Fsp3) is 0.0667. The molecular weight excluding hydrogens is 266 g/mol. The van der Waals surface area contributed by atoms with Crippen molar-refractivity contribution in [2.45, 2.75) is 0 Å². The number of nitrogen functional groups attached to an aromatic ring is 1.